The third kappa shape index (κ3) is 2.68. The molecular weight excluding hydrogens is 422 g/mol. The molecule has 1 aromatic heterocycles. The van der Waals surface area contributed by atoms with E-state index in [9.17, 15) is 14.4 Å². The van der Waals surface area contributed by atoms with Crippen LogP contribution in [0.4, 0.5) is 0 Å². The molecule has 0 radical (unpaired) electrons. The van der Waals surface area contributed by atoms with Crippen molar-refractivity contribution in [3.63, 3.8) is 0 Å². The maximum Gasteiger partial charge on any atom is 0.305 e. The topological polar surface area (TPSA) is 85.5 Å². The molecule has 2 aromatic carbocycles. The molecule has 1 atom stereocenters. The summed E-state index contributed by atoms with van der Waals surface area (Å²) in [5, 5.41) is 0.601. The lowest BCUT2D eigenvalue weighted by Crippen LogP contribution is -2.27. The zero-order chi connectivity index (χ0) is 21.0. The average molecular weight is 437 g/mol. The summed E-state index contributed by atoms with van der Waals surface area (Å²) in [6, 6.07) is 12.2. The van der Waals surface area contributed by atoms with Crippen LogP contribution in [0.5, 0.6) is 11.5 Å². The number of methoxy groups -OCH3 is 2. The van der Waals surface area contributed by atoms with Gasteiger partial charge in [0.05, 0.1) is 34.9 Å². The van der Waals surface area contributed by atoms with Gasteiger partial charge in [-0.05, 0) is 17.7 Å². The van der Waals surface area contributed by atoms with Gasteiger partial charge in [-0.3, -0.25) is 14.4 Å². The average Bonchev–Trinajstić information content (AvgIpc) is 3.15. The smallest absolute Gasteiger partial charge is 0.305 e. The molecule has 0 saturated heterocycles. The van der Waals surface area contributed by atoms with E-state index in [1.54, 1.807) is 43.5 Å². The largest absolute Gasteiger partial charge is 0.493 e. The number of H-pyrrole nitrogens is 1. The maximum atomic E-state index is 13.5. The van der Waals surface area contributed by atoms with Crippen molar-refractivity contribution in [3.05, 3.63) is 84.2 Å². The molecule has 6 nitrogen and oxygen atoms in total. The second-order valence-corrected chi connectivity index (χ2v) is 8.84. The van der Waals surface area contributed by atoms with Gasteiger partial charge in [-0.25, -0.2) is 0 Å². The van der Waals surface area contributed by atoms with Crippen LogP contribution in [-0.2, 0) is 0 Å². The molecule has 0 bridgehead atoms. The molecule has 1 aliphatic heterocycles. The molecule has 150 valence electrons. The van der Waals surface area contributed by atoms with Gasteiger partial charge in [0, 0.05) is 16.7 Å². The van der Waals surface area contributed by atoms with Crippen LogP contribution in [0.3, 0.4) is 0 Å². The predicted molar refractivity (Wildman–Crippen MR) is 114 cm³/mol. The number of allylic oxidation sites excluding steroid dienone is 2. The molecule has 5 rings (SSSR count). The summed E-state index contributed by atoms with van der Waals surface area (Å²) in [4.78, 5) is 42.6. The van der Waals surface area contributed by atoms with E-state index in [0.717, 1.165) is 33.5 Å². The van der Waals surface area contributed by atoms with Gasteiger partial charge in [0.2, 0.25) is 5.78 Å². The SMILES string of the molecule is COc1ccc(C2C3=C(Sc4[nH]c(=O)sc42)C(=O)c2ccccc2C3=O)cc1OC. The number of carbonyl (C=O) groups is 2. The molecule has 0 fully saturated rings. The number of rotatable bonds is 3. The van der Waals surface area contributed by atoms with Crippen molar-refractivity contribution in [2.24, 2.45) is 0 Å². The molecule has 0 amide bonds. The van der Waals surface area contributed by atoms with Crippen molar-refractivity contribution in [3.8, 4) is 11.5 Å². The first kappa shape index (κ1) is 18.9. The van der Waals surface area contributed by atoms with Crippen LogP contribution in [0.1, 0.15) is 37.1 Å². The maximum absolute atomic E-state index is 13.5. The predicted octanol–water partition coefficient (Wildman–Crippen LogP) is 4.02. The molecule has 1 aliphatic carbocycles. The Hall–Kier alpha value is -3.10. The molecule has 30 heavy (non-hydrogen) atoms. The number of thiazole rings is 1. The zero-order valence-electron chi connectivity index (χ0n) is 16.0. The van der Waals surface area contributed by atoms with Crippen molar-refractivity contribution >= 4 is 34.7 Å². The fourth-order valence-electron chi connectivity index (χ4n) is 3.91. The van der Waals surface area contributed by atoms with E-state index >= 15 is 0 Å². The van der Waals surface area contributed by atoms with E-state index in [4.69, 9.17) is 9.47 Å². The first-order valence-corrected chi connectivity index (χ1v) is 10.7. The van der Waals surface area contributed by atoms with E-state index in [1.807, 2.05) is 6.07 Å². The Morgan fingerprint density at radius 3 is 2.30 bits per heavy atom. The first-order valence-electron chi connectivity index (χ1n) is 9.09. The quantitative estimate of drug-likeness (QED) is 0.666. The second kappa shape index (κ2) is 7.00. The lowest BCUT2D eigenvalue weighted by atomic mass is 9.79. The first-order chi connectivity index (χ1) is 14.5. The van der Waals surface area contributed by atoms with Crippen LogP contribution in [0.2, 0.25) is 0 Å². The number of nitrogens with one attached hydrogen (secondary N) is 1. The molecule has 8 heteroatoms. The highest BCUT2D eigenvalue weighted by Gasteiger charge is 2.43. The number of aromatic amines is 1. The monoisotopic (exact) mass is 437 g/mol. The Bertz CT molecular complexity index is 1320. The zero-order valence-corrected chi connectivity index (χ0v) is 17.6. The van der Waals surface area contributed by atoms with E-state index < -0.39 is 5.92 Å². The molecule has 0 spiro atoms. The van der Waals surface area contributed by atoms with Crippen LogP contribution >= 0.6 is 23.1 Å². The van der Waals surface area contributed by atoms with E-state index in [0.29, 0.717) is 38.1 Å². The van der Waals surface area contributed by atoms with Crippen LogP contribution in [0.25, 0.3) is 0 Å². The summed E-state index contributed by atoms with van der Waals surface area (Å²) in [6.07, 6.45) is 0. The molecule has 3 aromatic rings. The van der Waals surface area contributed by atoms with E-state index in [2.05, 4.69) is 4.98 Å². The highest BCUT2D eigenvalue weighted by Crippen LogP contribution is 2.52. The van der Waals surface area contributed by atoms with Crippen molar-refractivity contribution in [1.29, 1.82) is 0 Å². The normalized spacial score (nSPS) is 17.3. The van der Waals surface area contributed by atoms with Crippen LogP contribution in [0.15, 0.2) is 62.8 Å². The molecule has 0 saturated carbocycles. The van der Waals surface area contributed by atoms with Gasteiger partial charge in [-0.2, -0.15) is 0 Å². The van der Waals surface area contributed by atoms with Gasteiger partial charge in [0.25, 0.3) is 0 Å². The Morgan fingerprint density at radius 1 is 0.900 bits per heavy atom. The molecule has 2 aliphatic rings. The Labute approximate surface area is 179 Å². The third-order valence-electron chi connectivity index (χ3n) is 5.25. The second-order valence-electron chi connectivity index (χ2n) is 6.80. The van der Waals surface area contributed by atoms with Crippen LogP contribution in [-0.4, -0.2) is 30.8 Å². The Morgan fingerprint density at radius 2 is 1.60 bits per heavy atom. The Kier molecular flexibility index (Phi) is 4.41. The summed E-state index contributed by atoms with van der Waals surface area (Å²) < 4.78 is 10.8. The minimum Gasteiger partial charge on any atom is -0.493 e. The van der Waals surface area contributed by atoms with Crippen LogP contribution < -0.4 is 14.3 Å². The number of benzene rings is 2. The van der Waals surface area contributed by atoms with Gasteiger partial charge in [-0.1, -0.05) is 53.4 Å². The fourth-order valence-corrected chi connectivity index (χ4v) is 6.18. The lowest BCUT2D eigenvalue weighted by Gasteiger charge is -2.30. The van der Waals surface area contributed by atoms with Crippen molar-refractivity contribution < 1.29 is 19.1 Å². The number of carbonyl (C=O) groups excluding carboxylic acids is 2. The number of Topliss-reactive ketones (excluding diaryl/α,β-unsaturated/α-hetero) is 2. The van der Waals surface area contributed by atoms with Gasteiger partial charge in [0.1, 0.15) is 0 Å². The van der Waals surface area contributed by atoms with Crippen molar-refractivity contribution in [2.45, 2.75) is 10.9 Å². The van der Waals surface area contributed by atoms with Crippen molar-refractivity contribution in [2.75, 3.05) is 14.2 Å². The Balaban J connectivity index is 1.77. The number of fused-ring (bicyclic) bond motifs is 2. The standard InChI is InChI=1S/C22H15NO5S2/c1-27-13-8-7-10(9-14(13)28-2)15-16-17(24)11-5-3-4-6-12(11)18(25)19(16)29-21-20(15)30-22(26)23-21/h3-9,15H,1-2H3,(H,23,26). The summed E-state index contributed by atoms with van der Waals surface area (Å²) in [7, 11) is 3.08. The number of hydrogen-bond acceptors (Lipinski definition) is 7. The number of aromatic nitrogens is 1. The summed E-state index contributed by atoms with van der Waals surface area (Å²) in [5.74, 6) is 0.117. The number of hydrogen-bond donors (Lipinski definition) is 1. The summed E-state index contributed by atoms with van der Waals surface area (Å²) in [6.45, 7) is 0. The van der Waals surface area contributed by atoms with E-state index in [-0.39, 0.29) is 16.4 Å². The summed E-state index contributed by atoms with van der Waals surface area (Å²) in [5.41, 5.74) is 1.93. The lowest BCUT2D eigenvalue weighted by molar-refractivity contribution is 0.0977. The highest BCUT2D eigenvalue weighted by molar-refractivity contribution is 8.04. The van der Waals surface area contributed by atoms with Gasteiger partial charge in [0.15, 0.2) is 17.3 Å². The minimum atomic E-state index is -0.551. The van der Waals surface area contributed by atoms with Gasteiger partial charge >= 0.3 is 4.87 Å². The molecule has 1 N–H and O–H groups in total. The minimum absolute atomic E-state index is 0.195. The fraction of sp³-hybridized carbons (Fsp3) is 0.136. The summed E-state index contributed by atoms with van der Waals surface area (Å²) >= 11 is 2.22. The third-order valence-corrected chi connectivity index (χ3v) is 7.46. The molecule has 1 unspecified atom stereocenters. The van der Waals surface area contributed by atoms with E-state index in [1.165, 1.54) is 7.11 Å². The van der Waals surface area contributed by atoms with Crippen molar-refractivity contribution in [1.82, 2.24) is 4.98 Å². The molecular formula is C22H15NO5S2. The number of ether oxygens (including phenoxy) is 2. The number of thioether (sulfide) groups is 1. The highest BCUT2D eigenvalue weighted by atomic mass is 32.2. The van der Waals surface area contributed by atoms with Gasteiger partial charge < -0.3 is 14.5 Å². The molecule has 2 heterocycles. The van der Waals surface area contributed by atoms with Crippen LogP contribution in [0, 0.1) is 0 Å². The van der Waals surface area contributed by atoms with Gasteiger partial charge in [-0.15, -0.1) is 0 Å². The number of ketones is 2.